The van der Waals surface area contributed by atoms with Gasteiger partial charge in [-0.05, 0) is 36.4 Å². The van der Waals surface area contributed by atoms with Gasteiger partial charge in [-0.15, -0.1) is 15.0 Å². The minimum Gasteiger partial charge on any atom is -0.505 e. The molecule has 1 heterocycles. The average molecular weight is 445 g/mol. The standard InChI is InChI=1S/C24H19N3O6/c1-15(23(29)30)11-12-32-17-7-9-19-20(13-17)26-27(25-19)21-10-8-18(14-22(21)28)33-24(31)16-5-3-2-4-6-16/h2-10,13-14,28H,1,11-12H2,(H,29,30). The minimum atomic E-state index is -1.06. The second-order valence-electron chi connectivity index (χ2n) is 7.05. The molecule has 0 aliphatic heterocycles. The monoisotopic (exact) mass is 445 g/mol. The van der Waals surface area contributed by atoms with E-state index in [4.69, 9.17) is 14.6 Å². The molecule has 0 fully saturated rings. The van der Waals surface area contributed by atoms with Gasteiger partial charge in [0.05, 0.1) is 12.2 Å². The molecule has 9 heteroatoms. The maximum absolute atomic E-state index is 12.2. The molecule has 0 saturated heterocycles. The number of phenolic OH excluding ortho intramolecular Hbond substituents is 1. The summed E-state index contributed by atoms with van der Waals surface area (Å²) in [6.07, 6.45) is 0.190. The number of rotatable bonds is 8. The molecule has 4 aromatic rings. The van der Waals surface area contributed by atoms with Crippen LogP contribution in [0.25, 0.3) is 16.7 Å². The molecule has 0 aliphatic rings. The fourth-order valence-electron chi connectivity index (χ4n) is 2.97. The van der Waals surface area contributed by atoms with Crippen LogP contribution < -0.4 is 9.47 Å². The van der Waals surface area contributed by atoms with E-state index in [2.05, 4.69) is 16.8 Å². The second-order valence-corrected chi connectivity index (χ2v) is 7.05. The van der Waals surface area contributed by atoms with E-state index < -0.39 is 11.9 Å². The van der Waals surface area contributed by atoms with Crippen molar-refractivity contribution in [2.45, 2.75) is 6.42 Å². The van der Waals surface area contributed by atoms with Gasteiger partial charge in [0.2, 0.25) is 0 Å². The van der Waals surface area contributed by atoms with Crippen molar-refractivity contribution in [2.24, 2.45) is 0 Å². The second kappa shape index (κ2) is 9.23. The summed E-state index contributed by atoms with van der Waals surface area (Å²) in [5.74, 6) is -1.08. The van der Waals surface area contributed by atoms with E-state index in [1.807, 2.05) is 0 Å². The van der Waals surface area contributed by atoms with Crippen LogP contribution in [-0.2, 0) is 4.79 Å². The summed E-state index contributed by atoms with van der Waals surface area (Å²) in [7, 11) is 0. The largest absolute Gasteiger partial charge is 0.505 e. The van der Waals surface area contributed by atoms with Gasteiger partial charge in [-0.25, -0.2) is 9.59 Å². The van der Waals surface area contributed by atoms with Gasteiger partial charge >= 0.3 is 11.9 Å². The highest BCUT2D eigenvalue weighted by molar-refractivity contribution is 5.91. The molecule has 0 radical (unpaired) electrons. The lowest BCUT2D eigenvalue weighted by atomic mass is 10.2. The fraction of sp³-hybridized carbons (Fsp3) is 0.0833. The van der Waals surface area contributed by atoms with Crippen molar-refractivity contribution in [3.05, 3.63) is 84.4 Å². The zero-order valence-corrected chi connectivity index (χ0v) is 17.3. The summed E-state index contributed by atoms with van der Waals surface area (Å²) in [5, 5.41) is 28.0. The van der Waals surface area contributed by atoms with Crippen molar-refractivity contribution >= 4 is 23.0 Å². The molecule has 0 bridgehead atoms. The third-order valence-electron chi connectivity index (χ3n) is 4.71. The first-order valence-corrected chi connectivity index (χ1v) is 9.92. The van der Waals surface area contributed by atoms with Crippen molar-refractivity contribution in [1.82, 2.24) is 15.0 Å². The molecule has 4 rings (SSSR count). The van der Waals surface area contributed by atoms with Gasteiger partial charge < -0.3 is 19.7 Å². The molecule has 33 heavy (non-hydrogen) atoms. The number of benzene rings is 3. The summed E-state index contributed by atoms with van der Waals surface area (Å²) in [6.45, 7) is 3.62. The molecule has 0 unspecified atom stereocenters. The topological polar surface area (TPSA) is 124 Å². The highest BCUT2D eigenvalue weighted by Gasteiger charge is 2.13. The third kappa shape index (κ3) is 4.99. The van der Waals surface area contributed by atoms with Gasteiger partial charge in [0.25, 0.3) is 0 Å². The van der Waals surface area contributed by atoms with Crippen molar-refractivity contribution in [3.8, 4) is 22.9 Å². The van der Waals surface area contributed by atoms with E-state index in [1.54, 1.807) is 48.5 Å². The van der Waals surface area contributed by atoms with Crippen LogP contribution >= 0.6 is 0 Å². The van der Waals surface area contributed by atoms with Gasteiger partial charge in [0.15, 0.2) is 0 Å². The smallest absolute Gasteiger partial charge is 0.343 e. The number of carboxylic acid groups (broad SMARTS) is 1. The van der Waals surface area contributed by atoms with E-state index in [9.17, 15) is 14.7 Å². The molecule has 0 amide bonds. The molecule has 0 atom stereocenters. The summed E-state index contributed by atoms with van der Waals surface area (Å²) < 4.78 is 10.9. The van der Waals surface area contributed by atoms with Gasteiger partial charge in [-0.1, -0.05) is 24.8 Å². The Bertz CT molecular complexity index is 1350. The SMILES string of the molecule is C=C(CCOc1ccc2nn(-c3ccc(OC(=O)c4ccccc4)cc3O)nc2c1)C(=O)O. The lowest BCUT2D eigenvalue weighted by Crippen LogP contribution is -2.08. The van der Waals surface area contributed by atoms with Crippen LogP contribution in [0.4, 0.5) is 0 Å². The van der Waals surface area contributed by atoms with Crippen LogP contribution in [-0.4, -0.2) is 43.8 Å². The average Bonchev–Trinajstić information content (AvgIpc) is 3.22. The number of aliphatic carboxylic acids is 1. The summed E-state index contributed by atoms with van der Waals surface area (Å²) in [4.78, 5) is 24.3. The normalized spacial score (nSPS) is 10.7. The fourth-order valence-corrected chi connectivity index (χ4v) is 2.97. The molecular weight excluding hydrogens is 426 g/mol. The number of hydrogen-bond acceptors (Lipinski definition) is 7. The van der Waals surface area contributed by atoms with Gasteiger partial charge in [0.1, 0.15) is 34.0 Å². The van der Waals surface area contributed by atoms with Crippen LogP contribution in [0, 0.1) is 0 Å². The number of fused-ring (bicyclic) bond motifs is 1. The van der Waals surface area contributed by atoms with Gasteiger partial charge in [-0.3, -0.25) is 0 Å². The number of aromatic hydroxyl groups is 1. The summed E-state index contributed by atoms with van der Waals surface area (Å²) in [5.41, 5.74) is 1.84. The third-order valence-corrected chi connectivity index (χ3v) is 4.71. The summed E-state index contributed by atoms with van der Waals surface area (Å²) in [6, 6.07) is 18.0. The Morgan fingerprint density at radius 3 is 2.39 bits per heavy atom. The first-order valence-electron chi connectivity index (χ1n) is 9.92. The molecule has 0 saturated carbocycles. The Labute approximate surface area is 188 Å². The predicted octanol–water partition coefficient (Wildman–Crippen LogP) is 3.76. The number of esters is 1. The first-order chi connectivity index (χ1) is 15.9. The highest BCUT2D eigenvalue weighted by atomic mass is 16.5. The number of nitrogens with zero attached hydrogens (tertiary/aromatic N) is 3. The molecule has 1 aromatic heterocycles. The van der Waals surface area contributed by atoms with Crippen LogP contribution in [0.15, 0.2) is 78.9 Å². The first kappa shape index (κ1) is 21.6. The lowest BCUT2D eigenvalue weighted by Gasteiger charge is -2.07. The minimum absolute atomic E-state index is 0.0652. The number of phenols is 1. The molecule has 166 valence electrons. The zero-order valence-electron chi connectivity index (χ0n) is 17.3. The Morgan fingerprint density at radius 2 is 1.67 bits per heavy atom. The van der Waals surface area contributed by atoms with E-state index in [1.165, 1.54) is 23.0 Å². The molecule has 0 spiro atoms. The van der Waals surface area contributed by atoms with Gasteiger partial charge in [0, 0.05) is 24.1 Å². The van der Waals surface area contributed by atoms with Crippen LogP contribution in [0.1, 0.15) is 16.8 Å². The Balaban J connectivity index is 1.48. The number of ether oxygens (including phenoxy) is 2. The van der Waals surface area contributed by atoms with Crippen LogP contribution in [0.3, 0.4) is 0 Å². The maximum atomic E-state index is 12.2. The molecule has 3 aromatic carbocycles. The molecule has 2 N–H and O–H groups in total. The quantitative estimate of drug-likeness (QED) is 0.239. The highest BCUT2D eigenvalue weighted by Crippen LogP contribution is 2.28. The van der Waals surface area contributed by atoms with Crippen LogP contribution in [0.2, 0.25) is 0 Å². The molecule has 9 nitrogen and oxygen atoms in total. The zero-order chi connectivity index (χ0) is 23.4. The number of carboxylic acids is 1. The predicted molar refractivity (Wildman–Crippen MR) is 119 cm³/mol. The number of aromatic nitrogens is 3. The van der Waals surface area contributed by atoms with Crippen molar-refractivity contribution in [3.63, 3.8) is 0 Å². The number of hydrogen-bond donors (Lipinski definition) is 2. The van der Waals surface area contributed by atoms with E-state index >= 15 is 0 Å². The molecular formula is C24H19N3O6. The van der Waals surface area contributed by atoms with Gasteiger partial charge in [-0.2, -0.15) is 0 Å². The Hall–Kier alpha value is -4.66. The van der Waals surface area contributed by atoms with Crippen LogP contribution in [0.5, 0.6) is 17.2 Å². The van der Waals surface area contributed by atoms with Crippen molar-refractivity contribution in [1.29, 1.82) is 0 Å². The maximum Gasteiger partial charge on any atom is 0.343 e. The molecule has 0 aliphatic carbocycles. The van der Waals surface area contributed by atoms with E-state index in [0.29, 0.717) is 28.0 Å². The lowest BCUT2D eigenvalue weighted by molar-refractivity contribution is -0.132. The van der Waals surface area contributed by atoms with E-state index in [-0.39, 0.29) is 30.1 Å². The van der Waals surface area contributed by atoms with E-state index in [0.717, 1.165) is 0 Å². The number of carbonyl (C=O) groups excluding carboxylic acids is 1. The number of carbonyl (C=O) groups is 2. The Morgan fingerprint density at radius 1 is 0.939 bits per heavy atom. The van der Waals surface area contributed by atoms with Crippen molar-refractivity contribution < 1.29 is 29.3 Å². The summed E-state index contributed by atoms with van der Waals surface area (Å²) >= 11 is 0. The van der Waals surface area contributed by atoms with Crippen molar-refractivity contribution in [2.75, 3.05) is 6.61 Å². The Kier molecular flexibility index (Phi) is 6.03.